The highest BCUT2D eigenvalue weighted by Crippen LogP contribution is 2.23. The maximum atomic E-state index is 11.9. The Morgan fingerprint density at radius 3 is 2.31 bits per heavy atom. The lowest BCUT2D eigenvalue weighted by atomic mass is 10.1. The van der Waals surface area contributed by atoms with Crippen LogP contribution in [0.2, 0.25) is 0 Å². The Morgan fingerprint density at radius 1 is 1.06 bits per heavy atom. The fourth-order valence-electron chi connectivity index (χ4n) is 3.30. The number of morpholine rings is 1. The summed E-state index contributed by atoms with van der Waals surface area (Å²) in [5.41, 5.74) is 4.17. The van der Waals surface area contributed by atoms with Crippen LogP contribution in [0.4, 0.5) is 17.3 Å². The third-order valence-electron chi connectivity index (χ3n) is 4.93. The fraction of sp³-hybridized carbons (Fsp3) is 0.217. The Hall–Kier alpha value is -4.09. The second-order valence-electron chi connectivity index (χ2n) is 7.40. The molecule has 0 radical (unpaired) electrons. The van der Waals surface area contributed by atoms with E-state index >= 15 is 0 Å². The quantitative estimate of drug-likeness (QED) is 0.281. The van der Waals surface area contributed by atoms with Gasteiger partial charge in [0.25, 0.3) is 5.91 Å². The molecule has 1 saturated heterocycles. The number of carbonyl (C=O) groups excluding carboxylic acids is 1. The average molecular weight is 513 g/mol. The van der Waals surface area contributed by atoms with Gasteiger partial charge < -0.3 is 20.3 Å². The minimum atomic E-state index is -4.67. The number of aromatic nitrogens is 2. The van der Waals surface area contributed by atoms with Gasteiger partial charge in [0, 0.05) is 41.8 Å². The van der Waals surface area contributed by atoms with Gasteiger partial charge in [0.15, 0.2) is 0 Å². The average Bonchev–Trinajstić information content (AvgIpc) is 2.87. The molecule has 13 heteroatoms. The van der Waals surface area contributed by atoms with Gasteiger partial charge in [-0.15, -0.1) is 0 Å². The molecular formula is C23H24N6O6S. The summed E-state index contributed by atoms with van der Waals surface area (Å²) in [5.74, 6) is 0.214. The number of nitriles is 1. The molecule has 2 heterocycles. The molecule has 12 nitrogen and oxygen atoms in total. The number of rotatable bonds is 6. The van der Waals surface area contributed by atoms with Crippen LogP contribution in [0, 0.1) is 11.3 Å². The van der Waals surface area contributed by atoms with E-state index in [1.807, 2.05) is 36.4 Å². The molecule has 1 aliphatic rings. The Labute approximate surface area is 208 Å². The van der Waals surface area contributed by atoms with Crippen molar-refractivity contribution in [3.8, 4) is 17.3 Å². The van der Waals surface area contributed by atoms with Crippen LogP contribution in [0.5, 0.6) is 0 Å². The summed E-state index contributed by atoms with van der Waals surface area (Å²) < 4.78 is 37.0. The van der Waals surface area contributed by atoms with E-state index in [0.717, 1.165) is 43.2 Å². The van der Waals surface area contributed by atoms with Crippen molar-refractivity contribution in [3.05, 3.63) is 66.4 Å². The molecule has 2 aromatic carbocycles. The van der Waals surface area contributed by atoms with Crippen LogP contribution in [0.15, 0.2) is 60.8 Å². The molecule has 0 atom stereocenters. The standard InChI is InChI=1S/C23H22N6O2.H2O4S/c24-10-12-25-22(30)18-3-1-17(2-4-18)21-9-11-26-23(28-21)27-19-5-7-20(8-6-19)29-13-15-31-16-14-29;1-5(2,3)4/h1-9,11H,12-16H2,(H,25,30)(H,26,27,28);(H2,1,2,3,4). The van der Waals surface area contributed by atoms with Crippen LogP contribution < -0.4 is 15.5 Å². The SMILES string of the molecule is N#CCNC(=O)c1ccc(-c2ccnc(Nc3ccc(N4CCOCC4)cc3)n2)cc1.O=S(=O)(O)O. The van der Waals surface area contributed by atoms with Crippen molar-refractivity contribution in [2.45, 2.75) is 0 Å². The van der Waals surface area contributed by atoms with Gasteiger partial charge in [0.1, 0.15) is 6.54 Å². The molecule has 4 N–H and O–H groups in total. The number of benzene rings is 2. The molecule has 1 aromatic heterocycles. The summed E-state index contributed by atoms with van der Waals surface area (Å²) in [5, 5.41) is 14.3. The zero-order valence-corrected chi connectivity index (χ0v) is 19.9. The molecule has 188 valence electrons. The smallest absolute Gasteiger partial charge is 0.378 e. The number of ether oxygens (including phenoxy) is 1. The summed E-state index contributed by atoms with van der Waals surface area (Å²) in [6, 6.07) is 18.9. The van der Waals surface area contributed by atoms with Crippen LogP contribution in [0.3, 0.4) is 0 Å². The van der Waals surface area contributed by atoms with Crippen molar-refractivity contribution >= 4 is 33.6 Å². The molecular weight excluding hydrogens is 488 g/mol. The van der Waals surface area contributed by atoms with E-state index < -0.39 is 10.4 Å². The highest BCUT2D eigenvalue weighted by atomic mass is 32.3. The summed E-state index contributed by atoms with van der Waals surface area (Å²) in [6.07, 6.45) is 1.69. The number of hydrogen-bond donors (Lipinski definition) is 4. The van der Waals surface area contributed by atoms with Crippen molar-refractivity contribution in [1.29, 1.82) is 5.26 Å². The molecule has 0 spiro atoms. The third kappa shape index (κ3) is 8.60. The lowest BCUT2D eigenvalue weighted by Crippen LogP contribution is -2.36. The van der Waals surface area contributed by atoms with Gasteiger partial charge in [0.2, 0.25) is 5.95 Å². The predicted molar refractivity (Wildman–Crippen MR) is 132 cm³/mol. The van der Waals surface area contributed by atoms with Gasteiger partial charge in [-0.05, 0) is 42.5 Å². The first kappa shape index (κ1) is 26.5. The molecule has 1 aliphatic heterocycles. The lowest BCUT2D eigenvalue weighted by molar-refractivity contribution is 0.0958. The van der Waals surface area contributed by atoms with Crippen molar-refractivity contribution in [1.82, 2.24) is 15.3 Å². The molecule has 1 amide bonds. The van der Waals surface area contributed by atoms with Crippen molar-refractivity contribution in [2.75, 3.05) is 43.1 Å². The van der Waals surface area contributed by atoms with Crippen LogP contribution >= 0.6 is 0 Å². The Kier molecular flexibility index (Phi) is 9.25. The molecule has 4 rings (SSSR count). The third-order valence-corrected chi connectivity index (χ3v) is 4.93. The molecule has 0 bridgehead atoms. The van der Waals surface area contributed by atoms with Crippen molar-refractivity contribution < 1.29 is 27.1 Å². The normalized spacial score (nSPS) is 13.1. The van der Waals surface area contributed by atoms with E-state index in [4.69, 9.17) is 27.5 Å². The number of nitrogens with zero attached hydrogens (tertiary/aromatic N) is 4. The molecule has 36 heavy (non-hydrogen) atoms. The summed E-state index contributed by atoms with van der Waals surface area (Å²) in [4.78, 5) is 23.1. The second-order valence-corrected chi connectivity index (χ2v) is 8.30. The van der Waals surface area contributed by atoms with E-state index in [-0.39, 0.29) is 12.5 Å². The molecule has 0 aliphatic carbocycles. The molecule has 1 fully saturated rings. The van der Waals surface area contributed by atoms with E-state index in [9.17, 15) is 4.79 Å². The van der Waals surface area contributed by atoms with Crippen molar-refractivity contribution in [3.63, 3.8) is 0 Å². The van der Waals surface area contributed by atoms with Gasteiger partial charge in [-0.3, -0.25) is 13.9 Å². The molecule has 0 saturated carbocycles. The summed E-state index contributed by atoms with van der Waals surface area (Å²) in [7, 11) is -4.67. The van der Waals surface area contributed by atoms with Crippen LogP contribution in [-0.2, 0) is 15.1 Å². The number of carbonyl (C=O) groups is 1. The van der Waals surface area contributed by atoms with Gasteiger partial charge >= 0.3 is 10.4 Å². The number of nitrogens with one attached hydrogen (secondary N) is 2. The number of amides is 1. The van der Waals surface area contributed by atoms with E-state index in [1.165, 1.54) is 5.69 Å². The van der Waals surface area contributed by atoms with Crippen LogP contribution in [0.1, 0.15) is 10.4 Å². The number of anilines is 3. The van der Waals surface area contributed by atoms with E-state index in [2.05, 4.69) is 37.6 Å². The lowest BCUT2D eigenvalue weighted by Gasteiger charge is -2.28. The zero-order chi connectivity index (χ0) is 26.0. The minimum absolute atomic E-state index is 0.0189. The molecule has 0 unspecified atom stereocenters. The van der Waals surface area contributed by atoms with E-state index in [1.54, 1.807) is 18.3 Å². The van der Waals surface area contributed by atoms with Gasteiger partial charge in [0.05, 0.1) is 25.0 Å². The van der Waals surface area contributed by atoms with Gasteiger partial charge in [-0.1, -0.05) is 12.1 Å². The Bertz CT molecular complexity index is 1300. The van der Waals surface area contributed by atoms with Crippen molar-refractivity contribution in [2.24, 2.45) is 0 Å². The second kappa shape index (κ2) is 12.6. The monoisotopic (exact) mass is 512 g/mol. The molecule has 3 aromatic rings. The summed E-state index contributed by atoms with van der Waals surface area (Å²) in [6.45, 7) is 3.29. The first-order valence-corrected chi connectivity index (χ1v) is 12.1. The first-order valence-electron chi connectivity index (χ1n) is 10.7. The van der Waals surface area contributed by atoms with E-state index in [0.29, 0.717) is 11.5 Å². The van der Waals surface area contributed by atoms with Crippen LogP contribution in [-0.4, -0.2) is 66.2 Å². The maximum absolute atomic E-state index is 11.9. The fourth-order valence-corrected chi connectivity index (χ4v) is 3.30. The largest absolute Gasteiger partial charge is 0.394 e. The topological polar surface area (TPSA) is 178 Å². The Morgan fingerprint density at radius 2 is 1.69 bits per heavy atom. The number of hydrogen-bond acceptors (Lipinski definition) is 9. The Balaban J connectivity index is 0.000000658. The zero-order valence-electron chi connectivity index (χ0n) is 19.0. The minimum Gasteiger partial charge on any atom is -0.378 e. The highest BCUT2D eigenvalue weighted by Gasteiger charge is 2.11. The van der Waals surface area contributed by atoms with Gasteiger partial charge in [-0.2, -0.15) is 13.7 Å². The van der Waals surface area contributed by atoms with Gasteiger partial charge in [-0.25, -0.2) is 9.97 Å². The highest BCUT2D eigenvalue weighted by molar-refractivity contribution is 7.79. The summed E-state index contributed by atoms with van der Waals surface area (Å²) >= 11 is 0. The maximum Gasteiger partial charge on any atom is 0.394 e. The first-order chi connectivity index (χ1) is 17.2. The predicted octanol–water partition coefficient (Wildman–Crippen LogP) is 2.32. The van der Waals surface area contributed by atoms with Crippen LogP contribution in [0.25, 0.3) is 11.3 Å².